The minimum Gasteiger partial charge on any atom is -0.488 e. The normalized spacial score (nSPS) is 9.73. The van der Waals surface area contributed by atoms with E-state index >= 15 is 0 Å². The average Bonchev–Trinajstić information content (AvgIpc) is 2.23. The maximum absolute atomic E-state index is 13.2. The Labute approximate surface area is 97.4 Å². The molecular weight excluding hydrogens is 259 g/mol. The molecule has 0 N–H and O–H groups in total. The Morgan fingerprint density at radius 3 is 2.67 bits per heavy atom. The third-order valence-electron chi connectivity index (χ3n) is 1.84. The van der Waals surface area contributed by atoms with Gasteiger partial charge in [0.2, 0.25) is 0 Å². The molecule has 0 amide bonds. The van der Waals surface area contributed by atoms with Crippen LogP contribution in [0.4, 0.5) is 4.39 Å². The quantitative estimate of drug-likeness (QED) is 0.738. The van der Waals surface area contributed by atoms with Crippen molar-refractivity contribution < 1.29 is 9.13 Å². The van der Waals surface area contributed by atoms with Crippen molar-refractivity contribution in [3.63, 3.8) is 0 Å². The molecule has 1 aromatic rings. The maximum atomic E-state index is 13.2. The van der Waals surface area contributed by atoms with Crippen LogP contribution >= 0.6 is 15.9 Å². The van der Waals surface area contributed by atoms with Crippen molar-refractivity contribution in [2.75, 3.05) is 6.61 Å². The Kier molecular flexibility index (Phi) is 4.56. The van der Waals surface area contributed by atoms with Gasteiger partial charge in [0.15, 0.2) is 0 Å². The molecule has 0 unspecified atom stereocenters. The second kappa shape index (κ2) is 5.71. The molecule has 0 atom stereocenters. The SMILES string of the molecule is C=CCOc1c(CC=C)ccc(F)c1Br. The lowest BCUT2D eigenvalue weighted by atomic mass is 10.1. The van der Waals surface area contributed by atoms with Crippen molar-refractivity contribution in [2.45, 2.75) is 6.42 Å². The van der Waals surface area contributed by atoms with Crippen LogP contribution in [0, 0.1) is 5.82 Å². The van der Waals surface area contributed by atoms with E-state index in [1.165, 1.54) is 6.07 Å². The summed E-state index contributed by atoms with van der Waals surface area (Å²) < 4.78 is 19.0. The van der Waals surface area contributed by atoms with Gasteiger partial charge >= 0.3 is 0 Å². The van der Waals surface area contributed by atoms with Gasteiger partial charge in [-0.1, -0.05) is 24.8 Å². The van der Waals surface area contributed by atoms with Gasteiger partial charge in [0.1, 0.15) is 18.2 Å². The van der Waals surface area contributed by atoms with E-state index in [1.54, 1.807) is 18.2 Å². The zero-order valence-corrected chi connectivity index (χ0v) is 9.89. The summed E-state index contributed by atoms with van der Waals surface area (Å²) in [5, 5.41) is 0. The molecule has 0 bridgehead atoms. The molecule has 0 spiro atoms. The van der Waals surface area contributed by atoms with Gasteiger partial charge in [0.05, 0.1) is 4.47 Å². The van der Waals surface area contributed by atoms with Crippen molar-refractivity contribution in [3.05, 3.63) is 53.3 Å². The van der Waals surface area contributed by atoms with Crippen LogP contribution in [0.2, 0.25) is 0 Å². The third kappa shape index (κ3) is 2.93. The topological polar surface area (TPSA) is 9.23 Å². The summed E-state index contributed by atoms with van der Waals surface area (Å²) in [5.41, 5.74) is 0.903. The molecule has 0 aliphatic carbocycles. The smallest absolute Gasteiger partial charge is 0.141 e. The van der Waals surface area contributed by atoms with Gasteiger partial charge in [0, 0.05) is 0 Å². The van der Waals surface area contributed by atoms with E-state index in [0.717, 1.165) is 5.56 Å². The summed E-state index contributed by atoms with van der Waals surface area (Å²) in [4.78, 5) is 0. The van der Waals surface area contributed by atoms with Gasteiger partial charge in [-0.3, -0.25) is 0 Å². The number of hydrogen-bond donors (Lipinski definition) is 0. The monoisotopic (exact) mass is 270 g/mol. The summed E-state index contributed by atoms with van der Waals surface area (Å²) >= 11 is 3.16. The summed E-state index contributed by atoms with van der Waals surface area (Å²) in [6.07, 6.45) is 4.01. The molecule has 0 saturated carbocycles. The summed E-state index contributed by atoms with van der Waals surface area (Å²) in [6.45, 7) is 7.55. The van der Waals surface area contributed by atoms with Crippen LogP contribution in [0.1, 0.15) is 5.56 Å². The highest BCUT2D eigenvalue weighted by Crippen LogP contribution is 2.32. The Bertz CT molecular complexity index is 374. The van der Waals surface area contributed by atoms with Gasteiger partial charge in [-0.2, -0.15) is 0 Å². The zero-order chi connectivity index (χ0) is 11.3. The second-order valence-corrected chi connectivity index (χ2v) is 3.74. The molecule has 80 valence electrons. The second-order valence-electron chi connectivity index (χ2n) is 2.94. The van der Waals surface area contributed by atoms with Gasteiger partial charge in [-0.15, -0.1) is 6.58 Å². The Morgan fingerprint density at radius 2 is 2.07 bits per heavy atom. The highest BCUT2D eigenvalue weighted by atomic mass is 79.9. The lowest BCUT2D eigenvalue weighted by molar-refractivity contribution is 0.354. The number of halogens is 2. The van der Waals surface area contributed by atoms with Gasteiger partial charge in [-0.05, 0) is 34.0 Å². The molecule has 0 heterocycles. The van der Waals surface area contributed by atoms with Crippen molar-refractivity contribution in [2.24, 2.45) is 0 Å². The first-order chi connectivity index (χ1) is 7.20. The number of allylic oxidation sites excluding steroid dienone is 1. The van der Waals surface area contributed by atoms with E-state index in [-0.39, 0.29) is 5.82 Å². The number of ether oxygens (including phenoxy) is 1. The predicted octanol–water partition coefficient (Wildman–Crippen LogP) is 3.88. The molecule has 0 aliphatic rings. The van der Waals surface area contributed by atoms with Crippen molar-refractivity contribution in [3.8, 4) is 5.75 Å². The molecule has 0 aliphatic heterocycles. The average molecular weight is 271 g/mol. The van der Waals surface area contributed by atoms with Crippen LogP contribution in [0.3, 0.4) is 0 Å². The van der Waals surface area contributed by atoms with Crippen LogP contribution < -0.4 is 4.74 Å². The van der Waals surface area contributed by atoms with E-state index in [2.05, 4.69) is 29.1 Å². The zero-order valence-electron chi connectivity index (χ0n) is 8.30. The number of benzene rings is 1. The summed E-state index contributed by atoms with van der Waals surface area (Å²) in [5.74, 6) is 0.191. The van der Waals surface area contributed by atoms with E-state index in [0.29, 0.717) is 23.2 Å². The molecule has 0 saturated heterocycles. The van der Waals surface area contributed by atoms with Crippen LogP contribution in [-0.4, -0.2) is 6.61 Å². The van der Waals surface area contributed by atoms with Crippen molar-refractivity contribution >= 4 is 15.9 Å². The first kappa shape index (κ1) is 12.0. The van der Waals surface area contributed by atoms with Crippen LogP contribution in [0.15, 0.2) is 41.9 Å². The summed E-state index contributed by atoms with van der Waals surface area (Å²) in [7, 11) is 0. The van der Waals surface area contributed by atoms with E-state index in [4.69, 9.17) is 4.74 Å². The number of hydrogen-bond acceptors (Lipinski definition) is 1. The molecular formula is C12H12BrFO. The fourth-order valence-corrected chi connectivity index (χ4v) is 1.69. The third-order valence-corrected chi connectivity index (χ3v) is 2.58. The van der Waals surface area contributed by atoms with Crippen LogP contribution in [0.25, 0.3) is 0 Å². The molecule has 0 radical (unpaired) electrons. The maximum Gasteiger partial charge on any atom is 0.141 e. The molecule has 3 heteroatoms. The fraction of sp³-hybridized carbons (Fsp3) is 0.167. The van der Waals surface area contributed by atoms with Gasteiger partial charge in [0.25, 0.3) is 0 Å². The highest BCUT2D eigenvalue weighted by molar-refractivity contribution is 9.10. The molecule has 1 nitrogen and oxygen atoms in total. The number of rotatable bonds is 5. The van der Waals surface area contributed by atoms with Crippen molar-refractivity contribution in [1.82, 2.24) is 0 Å². The standard InChI is InChI=1S/C12H12BrFO/c1-3-5-9-6-7-10(14)11(13)12(9)15-8-4-2/h3-4,6-7H,1-2,5,8H2. The summed E-state index contributed by atoms with van der Waals surface area (Å²) in [6, 6.07) is 3.10. The van der Waals surface area contributed by atoms with E-state index in [9.17, 15) is 4.39 Å². The lowest BCUT2D eigenvalue weighted by Gasteiger charge is -2.11. The fourth-order valence-electron chi connectivity index (χ4n) is 1.19. The Balaban J connectivity index is 3.09. The van der Waals surface area contributed by atoms with E-state index < -0.39 is 0 Å². The van der Waals surface area contributed by atoms with Gasteiger partial charge in [-0.25, -0.2) is 4.39 Å². The van der Waals surface area contributed by atoms with Crippen molar-refractivity contribution in [1.29, 1.82) is 0 Å². The molecule has 0 aromatic heterocycles. The molecule has 1 rings (SSSR count). The minimum atomic E-state index is -0.332. The highest BCUT2D eigenvalue weighted by Gasteiger charge is 2.11. The Morgan fingerprint density at radius 1 is 1.33 bits per heavy atom. The Hall–Kier alpha value is -1.09. The van der Waals surface area contributed by atoms with Crippen LogP contribution in [-0.2, 0) is 6.42 Å². The largest absolute Gasteiger partial charge is 0.488 e. The minimum absolute atomic E-state index is 0.332. The van der Waals surface area contributed by atoms with E-state index in [1.807, 2.05) is 0 Å². The molecule has 0 fully saturated rings. The van der Waals surface area contributed by atoms with Crippen LogP contribution in [0.5, 0.6) is 5.75 Å². The van der Waals surface area contributed by atoms with Gasteiger partial charge < -0.3 is 4.74 Å². The predicted molar refractivity (Wildman–Crippen MR) is 63.7 cm³/mol. The lowest BCUT2D eigenvalue weighted by Crippen LogP contribution is -1.99. The first-order valence-corrected chi connectivity index (χ1v) is 5.31. The molecule has 15 heavy (non-hydrogen) atoms. The first-order valence-electron chi connectivity index (χ1n) is 4.52. The molecule has 1 aromatic carbocycles.